The van der Waals surface area contributed by atoms with E-state index in [1.54, 1.807) is 0 Å². The van der Waals surface area contributed by atoms with Crippen LogP contribution in [-0.2, 0) is 10.7 Å². The quantitative estimate of drug-likeness (QED) is 0.460. The molecule has 1 unspecified atom stereocenters. The third-order valence-corrected chi connectivity index (χ3v) is 4.22. The highest BCUT2D eigenvalue weighted by Gasteiger charge is 2.33. The van der Waals surface area contributed by atoms with Gasteiger partial charge in [-0.2, -0.15) is 18.1 Å². The number of halogens is 4. The van der Waals surface area contributed by atoms with E-state index in [0.29, 0.717) is 6.07 Å². The van der Waals surface area contributed by atoms with Gasteiger partial charge in [-0.15, -0.1) is 0 Å². The average Bonchev–Trinajstić information content (AvgIpc) is 2.49. The summed E-state index contributed by atoms with van der Waals surface area (Å²) in [5, 5.41) is 10.1. The summed E-state index contributed by atoms with van der Waals surface area (Å²) in [5.74, 6) is -0.176. The largest absolute Gasteiger partial charge is 0.553 e. The van der Waals surface area contributed by atoms with E-state index in [1.807, 2.05) is 0 Å². The zero-order valence-corrected chi connectivity index (χ0v) is 14.0. The van der Waals surface area contributed by atoms with E-state index in [0.717, 1.165) is 24.3 Å². The molecule has 0 heterocycles. The van der Waals surface area contributed by atoms with Crippen molar-refractivity contribution in [2.24, 2.45) is 0 Å². The van der Waals surface area contributed by atoms with Crippen LogP contribution in [0.2, 0.25) is 5.02 Å². The predicted octanol–water partition coefficient (Wildman–Crippen LogP) is 4.73. The van der Waals surface area contributed by atoms with E-state index < -0.39 is 35.7 Å². The summed E-state index contributed by atoms with van der Waals surface area (Å²) in [7, 11) is -3.03. The SMILES string of the molecule is Cc1cc([N+](=O)[O-])c([P+](=O)O)cc1Oc1ccc(C(F)(F)F)cc1Cl. The van der Waals surface area contributed by atoms with Crippen molar-refractivity contribution in [2.45, 2.75) is 13.1 Å². The Morgan fingerprint density at radius 2 is 1.88 bits per heavy atom. The highest BCUT2D eigenvalue weighted by molar-refractivity contribution is 7.47. The second-order valence-electron chi connectivity index (χ2n) is 4.88. The number of nitro groups is 1. The standard InChI is InChI=1S/C14H8ClF3NO5P/c1-7-4-10(19(20)21)13(25(22)23)6-12(7)24-11-3-2-8(5-9(11)15)14(16,17)18/h2-6H,1H3/p+1. The molecule has 0 bridgehead atoms. The molecule has 1 N–H and O–H groups in total. The normalized spacial score (nSPS) is 12.0. The van der Waals surface area contributed by atoms with Crippen LogP contribution in [-0.4, -0.2) is 9.82 Å². The Morgan fingerprint density at radius 1 is 1.24 bits per heavy atom. The zero-order chi connectivity index (χ0) is 18.9. The van der Waals surface area contributed by atoms with Gasteiger partial charge < -0.3 is 4.74 Å². The molecule has 0 amide bonds. The Morgan fingerprint density at radius 3 is 2.36 bits per heavy atom. The zero-order valence-electron chi connectivity index (χ0n) is 12.4. The molecule has 0 saturated carbocycles. The van der Waals surface area contributed by atoms with E-state index >= 15 is 0 Å². The van der Waals surface area contributed by atoms with Crippen LogP contribution in [0.25, 0.3) is 0 Å². The number of ether oxygens (including phenoxy) is 1. The third kappa shape index (κ3) is 4.25. The predicted molar refractivity (Wildman–Crippen MR) is 83.8 cm³/mol. The first-order valence-corrected chi connectivity index (χ1v) is 8.09. The molecule has 0 radical (unpaired) electrons. The lowest BCUT2D eigenvalue weighted by Crippen LogP contribution is -2.07. The molecule has 25 heavy (non-hydrogen) atoms. The number of rotatable bonds is 4. The monoisotopic (exact) mass is 394 g/mol. The molecule has 0 aliphatic heterocycles. The van der Waals surface area contributed by atoms with E-state index in [4.69, 9.17) is 16.3 Å². The van der Waals surface area contributed by atoms with Crippen molar-refractivity contribution >= 4 is 30.6 Å². The summed E-state index contributed by atoms with van der Waals surface area (Å²) >= 11 is 5.78. The Labute approximate surface area is 144 Å². The van der Waals surface area contributed by atoms with Crippen molar-refractivity contribution in [1.29, 1.82) is 0 Å². The lowest BCUT2D eigenvalue weighted by molar-refractivity contribution is -0.383. The first-order chi connectivity index (χ1) is 11.5. The number of benzene rings is 2. The number of hydrogen-bond acceptors (Lipinski definition) is 4. The Kier molecular flexibility index (Phi) is 5.31. The van der Waals surface area contributed by atoms with Crippen molar-refractivity contribution in [3.8, 4) is 11.5 Å². The molecule has 11 heteroatoms. The topological polar surface area (TPSA) is 89.7 Å². The van der Waals surface area contributed by atoms with Gasteiger partial charge in [-0.05, 0) is 35.3 Å². The van der Waals surface area contributed by atoms with Gasteiger partial charge in [-0.3, -0.25) is 10.1 Å². The summed E-state index contributed by atoms with van der Waals surface area (Å²) in [5.41, 5.74) is -1.29. The Balaban J connectivity index is 2.46. The maximum Gasteiger partial charge on any atom is 0.553 e. The number of alkyl halides is 3. The number of nitro benzene ring substituents is 1. The van der Waals surface area contributed by atoms with Gasteiger partial charge in [-0.25, -0.2) is 0 Å². The molecule has 132 valence electrons. The van der Waals surface area contributed by atoms with Crippen molar-refractivity contribution in [2.75, 3.05) is 0 Å². The van der Waals surface area contributed by atoms with Crippen LogP contribution in [0.5, 0.6) is 11.5 Å². The average molecular weight is 395 g/mol. The van der Waals surface area contributed by atoms with Crippen LogP contribution >= 0.6 is 19.6 Å². The van der Waals surface area contributed by atoms with Crippen LogP contribution < -0.4 is 10.0 Å². The highest BCUT2D eigenvalue weighted by atomic mass is 35.5. The van der Waals surface area contributed by atoms with Gasteiger partial charge >= 0.3 is 25.2 Å². The minimum atomic E-state index is -4.58. The number of aryl methyl sites for hydroxylation is 1. The lowest BCUT2D eigenvalue weighted by Gasteiger charge is -2.12. The molecule has 2 aromatic carbocycles. The minimum Gasteiger partial charge on any atom is -0.455 e. The van der Waals surface area contributed by atoms with Gasteiger partial charge in [0.25, 0.3) is 0 Å². The van der Waals surface area contributed by atoms with Gasteiger partial charge in [0, 0.05) is 12.1 Å². The van der Waals surface area contributed by atoms with Crippen molar-refractivity contribution in [3.63, 3.8) is 0 Å². The molecule has 2 aromatic rings. The Bertz CT molecular complexity index is 872. The van der Waals surface area contributed by atoms with E-state index in [9.17, 15) is 32.7 Å². The van der Waals surface area contributed by atoms with Crippen LogP contribution in [0, 0.1) is 17.0 Å². The summed E-state index contributed by atoms with van der Waals surface area (Å²) in [4.78, 5) is 19.3. The molecule has 6 nitrogen and oxygen atoms in total. The van der Waals surface area contributed by atoms with Gasteiger partial charge in [0.05, 0.1) is 15.5 Å². The van der Waals surface area contributed by atoms with E-state index in [1.165, 1.54) is 6.92 Å². The Hall–Kier alpha value is -2.22. The fourth-order valence-corrected chi connectivity index (χ4v) is 2.74. The number of hydrogen-bond donors (Lipinski definition) is 1. The van der Waals surface area contributed by atoms with Gasteiger partial charge in [0.15, 0.2) is 0 Å². The lowest BCUT2D eigenvalue weighted by atomic mass is 10.2. The second kappa shape index (κ2) is 6.95. The second-order valence-corrected chi connectivity index (χ2v) is 6.32. The smallest absolute Gasteiger partial charge is 0.455 e. The molecular formula is C14H9ClF3NO5P+. The van der Waals surface area contributed by atoms with Gasteiger partial charge in [-0.1, -0.05) is 11.6 Å². The van der Waals surface area contributed by atoms with Crippen LogP contribution in [0.3, 0.4) is 0 Å². The van der Waals surface area contributed by atoms with Crippen LogP contribution in [0.1, 0.15) is 11.1 Å². The molecule has 2 rings (SSSR count). The first kappa shape index (κ1) is 19.1. The molecule has 0 aromatic heterocycles. The molecule has 0 saturated heterocycles. The molecule has 0 aliphatic carbocycles. The number of nitrogens with zero attached hydrogens (tertiary/aromatic N) is 1. The third-order valence-electron chi connectivity index (χ3n) is 3.15. The summed E-state index contributed by atoms with van der Waals surface area (Å²) < 4.78 is 54.6. The molecule has 0 aliphatic rings. The van der Waals surface area contributed by atoms with Crippen LogP contribution in [0.15, 0.2) is 30.3 Å². The summed E-state index contributed by atoms with van der Waals surface area (Å²) in [6.45, 7) is 1.44. The minimum absolute atomic E-state index is 0.0420. The van der Waals surface area contributed by atoms with Crippen molar-refractivity contribution in [1.82, 2.24) is 0 Å². The fourth-order valence-electron chi connectivity index (χ4n) is 1.95. The van der Waals surface area contributed by atoms with Crippen molar-refractivity contribution in [3.05, 3.63) is 56.6 Å². The first-order valence-electron chi connectivity index (χ1n) is 6.50. The molecular weight excluding hydrogens is 386 g/mol. The highest BCUT2D eigenvalue weighted by Crippen LogP contribution is 2.38. The summed E-state index contributed by atoms with van der Waals surface area (Å²) in [6, 6.07) is 4.44. The fraction of sp³-hybridized carbons (Fsp3) is 0.143. The molecule has 0 fully saturated rings. The van der Waals surface area contributed by atoms with E-state index in [-0.39, 0.29) is 22.1 Å². The van der Waals surface area contributed by atoms with Gasteiger partial charge in [0.2, 0.25) is 0 Å². The summed E-state index contributed by atoms with van der Waals surface area (Å²) in [6.07, 6.45) is -4.58. The maximum atomic E-state index is 12.6. The van der Waals surface area contributed by atoms with Gasteiger partial charge in [0.1, 0.15) is 11.5 Å². The molecule has 1 atom stereocenters. The molecule has 0 spiro atoms. The maximum absolute atomic E-state index is 12.6. The van der Waals surface area contributed by atoms with E-state index in [2.05, 4.69) is 0 Å². The van der Waals surface area contributed by atoms with Crippen molar-refractivity contribution < 1.29 is 32.3 Å². The van der Waals surface area contributed by atoms with Crippen LogP contribution in [0.4, 0.5) is 18.9 Å².